The molecular weight excluding hydrogens is 254 g/mol. The molecule has 0 aliphatic carbocycles. The summed E-state index contributed by atoms with van der Waals surface area (Å²) in [6.45, 7) is 10.4. The molecule has 2 atom stereocenters. The minimum atomic E-state index is -0.469. The van der Waals surface area contributed by atoms with Crippen LogP contribution in [0.4, 0.5) is 0 Å². The molecule has 5 nitrogen and oxygen atoms in total. The maximum atomic E-state index is 12.0. The summed E-state index contributed by atoms with van der Waals surface area (Å²) in [5.41, 5.74) is 5.86. The highest BCUT2D eigenvalue weighted by Crippen LogP contribution is 2.20. The van der Waals surface area contributed by atoms with Crippen molar-refractivity contribution in [2.75, 3.05) is 19.6 Å². The molecule has 3 N–H and O–H groups in total. The van der Waals surface area contributed by atoms with Crippen LogP contribution in [0.5, 0.6) is 0 Å². The molecule has 0 fully saturated rings. The first-order chi connectivity index (χ1) is 9.51. The van der Waals surface area contributed by atoms with Gasteiger partial charge in [0, 0.05) is 6.54 Å². The summed E-state index contributed by atoms with van der Waals surface area (Å²) in [6, 6.07) is 3.39. The van der Waals surface area contributed by atoms with Crippen molar-refractivity contribution in [1.29, 1.82) is 0 Å². The molecule has 1 aromatic heterocycles. The monoisotopic (exact) mass is 281 g/mol. The van der Waals surface area contributed by atoms with E-state index in [-0.39, 0.29) is 17.9 Å². The maximum Gasteiger partial charge on any atom is 0.237 e. The first-order valence-electron chi connectivity index (χ1n) is 7.31. The Hall–Kier alpha value is -1.33. The average molecular weight is 281 g/mol. The first-order valence-corrected chi connectivity index (χ1v) is 7.31. The lowest BCUT2D eigenvalue weighted by atomic mass is 10.0. The van der Waals surface area contributed by atoms with Gasteiger partial charge in [-0.3, -0.25) is 9.69 Å². The van der Waals surface area contributed by atoms with Crippen LogP contribution in [0, 0.1) is 5.92 Å². The van der Waals surface area contributed by atoms with Crippen LogP contribution in [0.15, 0.2) is 22.8 Å². The Morgan fingerprint density at radius 1 is 1.40 bits per heavy atom. The van der Waals surface area contributed by atoms with Crippen molar-refractivity contribution in [2.45, 2.75) is 39.8 Å². The molecule has 0 saturated heterocycles. The van der Waals surface area contributed by atoms with Crippen LogP contribution in [0.1, 0.15) is 39.5 Å². The minimum Gasteiger partial charge on any atom is -0.468 e. The van der Waals surface area contributed by atoms with E-state index in [1.807, 2.05) is 26.0 Å². The zero-order valence-corrected chi connectivity index (χ0v) is 12.9. The number of hydrogen-bond donors (Lipinski definition) is 2. The Bertz CT molecular complexity index is 386. The Balaban J connectivity index is 2.69. The molecule has 1 rings (SSSR count). The Kier molecular flexibility index (Phi) is 6.75. The lowest BCUT2D eigenvalue weighted by Gasteiger charge is -2.28. The zero-order chi connectivity index (χ0) is 15.1. The van der Waals surface area contributed by atoms with E-state index in [1.54, 1.807) is 6.26 Å². The number of nitrogens with two attached hydrogens (primary N) is 1. The zero-order valence-electron chi connectivity index (χ0n) is 12.9. The fraction of sp³-hybridized carbons (Fsp3) is 0.667. The van der Waals surface area contributed by atoms with E-state index in [4.69, 9.17) is 10.2 Å². The molecular formula is C15H27N3O2. The first kappa shape index (κ1) is 16.7. The van der Waals surface area contributed by atoms with Gasteiger partial charge in [0.2, 0.25) is 5.91 Å². The normalized spacial score (nSPS) is 14.6. The summed E-state index contributed by atoms with van der Waals surface area (Å²) in [7, 11) is 0. The third-order valence-corrected chi connectivity index (χ3v) is 3.62. The highest BCUT2D eigenvalue weighted by Gasteiger charge is 2.23. The molecule has 0 radical (unpaired) electrons. The quantitative estimate of drug-likeness (QED) is 0.761. The van der Waals surface area contributed by atoms with E-state index >= 15 is 0 Å². The standard InChI is InChI=1S/C15H27N3O2/c1-5-18(6-2)12(13-8-7-9-20-13)10-17-15(19)14(16)11(3)4/h7-9,11-12,14H,5-6,10,16H2,1-4H3,(H,17,19)/t12?,14-/m0/s1. The third kappa shape index (κ3) is 4.35. The van der Waals surface area contributed by atoms with Gasteiger partial charge < -0.3 is 15.5 Å². The van der Waals surface area contributed by atoms with Gasteiger partial charge in [0.15, 0.2) is 0 Å². The van der Waals surface area contributed by atoms with E-state index in [0.29, 0.717) is 6.54 Å². The van der Waals surface area contributed by atoms with Crippen molar-refractivity contribution < 1.29 is 9.21 Å². The molecule has 1 heterocycles. The molecule has 114 valence electrons. The van der Waals surface area contributed by atoms with Gasteiger partial charge in [0.25, 0.3) is 0 Å². The maximum absolute atomic E-state index is 12.0. The number of carbonyl (C=O) groups is 1. The van der Waals surface area contributed by atoms with Crippen LogP contribution in [-0.2, 0) is 4.79 Å². The molecule has 0 aliphatic heterocycles. The second-order valence-corrected chi connectivity index (χ2v) is 5.27. The van der Waals surface area contributed by atoms with E-state index in [1.165, 1.54) is 0 Å². The second kappa shape index (κ2) is 8.07. The topological polar surface area (TPSA) is 71.5 Å². The molecule has 0 spiro atoms. The van der Waals surface area contributed by atoms with E-state index < -0.39 is 6.04 Å². The predicted octanol–water partition coefficient (Wildman–Crippen LogP) is 1.76. The second-order valence-electron chi connectivity index (χ2n) is 5.27. The molecule has 5 heteroatoms. The SMILES string of the molecule is CCN(CC)C(CNC(=O)[C@@H](N)C(C)C)c1ccco1. The van der Waals surface area contributed by atoms with Crippen molar-refractivity contribution in [3.8, 4) is 0 Å². The minimum absolute atomic E-state index is 0.0447. The van der Waals surface area contributed by atoms with Gasteiger partial charge in [0.05, 0.1) is 18.3 Å². The molecule has 1 amide bonds. The summed E-state index contributed by atoms with van der Waals surface area (Å²) in [5.74, 6) is 0.890. The van der Waals surface area contributed by atoms with E-state index in [9.17, 15) is 4.79 Å². The van der Waals surface area contributed by atoms with Crippen LogP contribution in [0.3, 0.4) is 0 Å². The third-order valence-electron chi connectivity index (χ3n) is 3.62. The van der Waals surface area contributed by atoms with Gasteiger partial charge in [-0.2, -0.15) is 0 Å². The van der Waals surface area contributed by atoms with Crippen molar-refractivity contribution in [3.63, 3.8) is 0 Å². The number of nitrogens with zero attached hydrogens (tertiary/aromatic N) is 1. The van der Waals surface area contributed by atoms with Crippen LogP contribution >= 0.6 is 0 Å². The highest BCUT2D eigenvalue weighted by molar-refractivity contribution is 5.81. The van der Waals surface area contributed by atoms with Gasteiger partial charge in [0.1, 0.15) is 5.76 Å². The van der Waals surface area contributed by atoms with Gasteiger partial charge >= 0.3 is 0 Å². The molecule has 0 bridgehead atoms. The largest absolute Gasteiger partial charge is 0.468 e. The summed E-state index contributed by atoms with van der Waals surface area (Å²) >= 11 is 0. The van der Waals surface area contributed by atoms with Gasteiger partial charge in [-0.05, 0) is 31.1 Å². The van der Waals surface area contributed by atoms with Crippen molar-refractivity contribution in [2.24, 2.45) is 11.7 Å². The van der Waals surface area contributed by atoms with Gasteiger partial charge in [-0.1, -0.05) is 27.7 Å². The van der Waals surface area contributed by atoms with Crippen molar-refractivity contribution >= 4 is 5.91 Å². The molecule has 0 aromatic carbocycles. The fourth-order valence-corrected chi connectivity index (χ4v) is 2.17. The molecule has 1 unspecified atom stereocenters. The molecule has 20 heavy (non-hydrogen) atoms. The van der Waals surface area contributed by atoms with Crippen LogP contribution < -0.4 is 11.1 Å². The molecule has 0 aliphatic rings. The number of rotatable bonds is 8. The number of hydrogen-bond acceptors (Lipinski definition) is 4. The number of carbonyl (C=O) groups excluding carboxylic acids is 1. The number of nitrogens with one attached hydrogen (secondary N) is 1. The van der Waals surface area contributed by atoms with Crippen molar-refractivity contribution in [3.05, 3.63) is 24.2 Å². The predicted molar refractivity (Wildman–Crippen MR) is 80.2 cm³/mol. The lowest BCUT2D eigenvalue weighted by molar-refractivity contribution is -0.123. The van der Waals surface area contributed by atoms with Gasteiger partial charge in [-0.15, -0.1) is 0 Å². The molecule has 0 saturated carbocycles. The number of furan rings is 1. The average Bonchev–Trinajstić information content (AvgIpc) is 2.95. The van der Waals surface area contributed by atoms with Gasteiger partial charge in [-0.25, -0.2) is 0 Å². The fourth-order valence-electron chi connectivity index (χ4n) is 2.17. The van der Waals surface area contributed by atoms with Crippen LogP contribution in [0.25, 0.3) is 0 Å². The Morgan fingerprint density at radius 2 is 2.05 bits per heavy atom. The summed E-state index contributed by atoms with van der Waals surface area (Å²) < 4.78 is 5.50. The number of likely N-dealkylation sites (N-methyl/N-ethyl adjacent to an activating group) is 1. The van der Waals surface area contributed by atoms with E-state index in [0.717, 1.165) is 18.8 Å². The summed E-state index contributed by atoms with van der Waals surface area (Å²) in [4.78, 5) is 14.2. The summed E-state index contributed by atoms with van der Waals surface area (Å²) in [6.07, 6.45) is 1.66. The van der Waals surface area contributed by atoms with Crippen LogP contribution in [-0.4, -0.2) is 36.5 Å². The Labute approximate surface area is 121 Å². The smallest absolute Gasteiger partial charge is 0.237 e. The number of amides is 1. The summed E-state index contributed by atoms with van der Waals surface area (Å²) in [5, 5.41) is 2.94. The Morgan fingerprint density at radius 3 is 2.50 bits per heavy atom. The molecule has 1 aromatic rings. The van der Waals surface area contributed by atoms with Crippen LogP contribution in [0.2, 0.25) is 0 Å². The highest BCUT2D eigenvalue weighted by atomic mass is 16.3. The van der Waals surface area contributed by atoms with Crippen molar-refractivity contribution in [1.82, 2.24) is 10.2 Å². The van der Waals surface area contributed by atoms with E-state index in [2.05, 4.69) is 24.1 Å². The lowest BCUT2D eigenvalue weighted by Crippen LogP contribution is -2.47.